The first-order valence-electron chi connectivity index (χ1n) is 7.20. The molecule has 4 rings (SSSR count). The quantitative estimate of drug-likeness (QED) is 0.647. The Labute approximate surface area is 114 Å². The molecule has 0 amide bonds. The van der Waals surface area contributed by atoms with Gasteiger partial charge in [0.25, 0.3) is 0 Å². The highest BCUT2D eigenvalue weighted by Gasteiger charge is 2.23. The monoisotopic (exact) mass is 246 g/mol. The van der Waals surface area contributed by atoms with Crippen molar-refractivity contribution in [1.29, 1.82) is 0 Å². The van der Waals surface area contributed by atoms with Crippen LogP contribution in [0.2, 0.25) is 0 Å². The SMILES string of the molecule is CC(C)C1=CCC2=CCc3cccc4ccc1c2c34. The minimum Gasteiger partial charge on any atom is -0.0760 e. The Kier molecular flexibility index (Phi) is 2.23. The highest BCUT2D eigenvalue weighted by molar-refractivity contribution is 6.04. The molecule has 2 aliphatic carbocycles. The van der Waals surface area contributed by atoms with Crippen molar-refractivity contribution in [3.05, 3.63) is 59.2 Å². The van der Waals surface area contributed by atoms with Gasteiger partial charge in [-0.2, -0.15) is 0 Å². The Bertz CT molecular complexity index is 742. The summed E-state index contributed by atoms with van der Waals surface area (Å²) in [6, 6.07) is 11.3. The Morgan fingerprint density at radius 2 is 1.84 bits per heavy atom. The summed E-state index contributed by atoms with van der Waals surface area (Å²) in [5.41, 5.74) is 7.52. The molecular weight excluding hydrogens is 228 g/mol. The first-order chi connectivity index (χ1) is 9.25. The summed E-state index contributed by atoms with van der Waals surface area (Å²) in [5, 5.41) is 2.90. The second-order valence-electron chi connectivity index (χ2n) is 5.96. The lowest BCUT2D eigenvalue weighted by Crippen LogP contribution is -2.08. The van der Waals surface area contributed by atoms with E-state index in [-0.39, 0.29) is 0 Å². The zero-order chi connectivity index (χ0) is 13.0. The Balaban J connectivity index is 2.13. The van der Waals surface area contributed by atoms with Crippen LogP contribution in [0, 0.1) is 5.92 Å². The molecule has 0 saturated carbocycles. The molecule has 0 N–H and O–H groups in total. The predicted molar refractivity (Wildman–Crippen MR) is 83.1 cm³/mol. The van der Waals surface area contributed by atoms with Gasteiger partial charge in [0, 0.05) is 0 Å². The smallest absolute Gasteiger partial charge is 0.00673 e. The van der Waals surface area contributed by atoms with Crippen LogP contribution in [0.1, 0.15) is 37.0 Å². The minimum absolute atomic E-state index is 0.601. The molecular formula is C19H18. The maximum absolute atomic E-state index is 2.43. The largest absolute Gasteiger partial charge is 0.0760 e. The van der Waals surface area contributed by atoms with Crippen molar-refractivity contribution in [2.45, 2.75) is 26.7 Å². The second kappa shape index (κ2) is 3.84. The van der Waals surface area contributed by atoms with E-state index in [9.17, 15) is 0 Å². The van der Waals surface area contributed by atoms with Crippen LogP contribution in [0.5, 0.6) is 0 Å². The molecule has 0 aliphatic heterocycles. The van der Waals surface area contributed by atoms with Gasteiger partial charge < -0.3 is 0 Å². The van der Waals surface area contributed by atoms with Crippen molar-refractivity contribution in [1.82, 2.24) is 0 Å². The standard InChI is InChI=1S/C19H18/c1-12(2)16-10-8-15-7-6-13-4-3-5-14-9-11-17(16)19(15)18(13)14/h3-5,7,9-12H,6,8H2,1-2H3. The predicted octanol–water partition coefficient (Wildman–Crippen LogP) is 5.22. The van der Waals surface area contributed by atoms with E-state index in [1.54, 1.807) is 0 Å². The van der Waals surface area contributed by atoms with E-state index in [0.29, 0.717) is 5.92 Å². The summed E-state index contributed by atoms with van der Waals surface area (Å²) < 4.78 is 0. The van der Waals surface area contributed by atoms with E-state index in [2.05, 4.69) is 56.3 Å². The van der Waals surface area contributed by atoms with Crippen LogP contribution in [0.4, 0.5) is 0 Å². The zero-order valence-electron chi connectivity index (χ0n) is 11.5. The normalized spacial score (nSPS) is 16.6. The minimum atomic E-state index is 0.601. The van der Waals surface area contributed by atoms with E-state index < -0.39 is 0 Å². The van der Waals surface area contributed by atoms with E-state index >= 15 is 0 Å². The summed E-state index contributed by atoms with van der Waals surface area (Å²) in [6.07, 6.45) is 7.05. The third kappa shape index (κ3) is 1.46. The molecule has 0 bridgehead atoms. The van der Waals surface area contributed by atoms with E-state index in [0.717, 1.165) is 12.8 Å². The van der Waals surface area contributed by atoms with Crippen LogP contribution in [0.25, 0.3) is 21.9 Å². The van der Waals surface area contributed by atoms with Gasteiger partial charge in [-0.25, -0.2) is 0 Å². The molecule has 0 heterocycles. The van der Waals surface area contributed by atoms with Crippen LogP contribution >= 0.6 is 0 Å². The molecule has 0 radical (unpaired) electrons. The fourth-order valence-electron chi connectivity index (χ4n) is 3.60. The maximum Gasteiger partial charge on any atom is -0.00673 e. The summed E-state index contributed by atoms with van der Waals surface area (Å²) >= 11 is 0. The van der Waals surface area contributed by atoms with Crippen LogP contribution in [-0.2, 0) is 6.42 Å². The molecule has 0 fully saturated rings. The summed E-state index contributed by atoms with van der Waals surface area (Å²) in [6.45, 7) is 4.60. The van der Waals surface area contributed by atoms with E-state index in [4.69, 9.17) is 0 Å². The maximum atomic E-state index is 2.43. The van der Waals surface area contributed by atoms with Crippen molar-refractivity contribution in [2.24, 2.45) is 5.92 Å². The third-order valence-electron chi connectivity index (χ3n) is 4.50. The summed E-state index contributed by atoms with van der Waals surface area (Å²) in [4.78, 5) is 0. The lowest BCUT2D eigenvalue weighted by Gasteiger charge is -2.28. The lowest BCUT2D eigenvalue weighted by molar-refractivity contribution is 0.849. The van der Waals surface area contributed by atoms with E-state index in [1.807, 2.05) is 0 Å². The molecule has 0 aromatic heterocycles. The number of hydrogen-bond donors (Lipinski definition) is 0. The van der Waals surface area contributed by atoms with Gasteiger partial charge in [-0.05, 0) is 57.4 Å². The molecule has 0 unspecified atom stereocenters. The topological polar surface area (TPSA) is 0 Å². The molecule has 19 heavy (non-hydrogen) atoms. The van der Waals surface area contributed by atoms with Crippen LogP contribution in [0.3, 0.4) is 0 Å². The average Bonchev–Trinajstić information content (AvgIpc) is 2.44. The Morgan fingerprint density at radius 1 is 0.947 bits per heavy atom. The highest BCUT2D eigenvalue weighted by Crippen LogP contribution is 2.44. The number of hydrogen-bond acceptors (Lipinski definition) is 0. The molecule has 2 aromatic carbocycles. The third-order valence-corrected chi connectivity index (χ3v) is 4.50. The molecule has 94 valence electrons. The second-order valence-corrected chi connectivity index (χ2v) is 5.96. The van der Waals surface area contributed by atoms with Gasteiger partial charge in [0.05, 0.1) is 0 Å². The lowest BCUT2D eigenvalue weighted by atomic mass is 9.76. The van der Waals surface area contributed by atoms with Crippen LogP contribution in [0.15, 0.2) is 42.5 Å². The number of benzene rings is 2. The molecule has 0 heteroatoms. The molecule has 0 saturated heterocycles. The summed E-state index contributed by atoms with van der Waals surface area (Å²) in [5.74, 6) is 0.601. The van der Waals surface area contributed by atoms with Crippen LogP contribution < -0.4 is 0 Å². The zero-order valence-corrected chi connectivity index (χ0v) is 11.5. The van der Waals surface area contributed by atoms with Gasteiger partial charge in [-0.3, -0.25) is 0 Å². The van der Waals surface area contributed by atoms with Gasteiger partial charge in [-0.1, -0.05) is 56.3 Å². The van der Waals surface area contributed by atoms with Gasteiger partial charge in [0.1, 0.15) is 0 Å². The first kappa shape index (κ1) is 11.0. The van der Waals surface area contributed by atoms with Gasteiger partial charge in [0.15, 0.2) is 0 Å². The number of rotatable bonds is 1. The van der Waals surface area contributed by atoms with Crippen molar-refractivity contribution < 1.29 is 0 Å². The number of allylic oxidation sites excluding steroid dienone is 4. The highest BCUT2D eigenvalue weighted by atomic mass is 14.3. The van der Waals surface area contributed by atoms with Crippen LogP contribution in [-0.4, -0.2) is 0 Å². The molecule has 0 atom stereocenters. The van der Waals surface area contributed by atoms with E-state index in [1.165, 1.54) is 38.6 Å². The first-order valence-corrected chi connectivity index (χ1v) is 7.20. The molecule has 2 aromatic rings. The van der Waals surface area contributed by atoms with Crippen molar-refractivity contribution in [3.63, 3.8) is 0 Å². The van der Waals surface area contributed by atoms with Gasteiger partial charge in [0.2, 0.25) is 0 Å². The molecule has 0 nitrogen and oxygen atoms in total. The average molecular weight is 246 g/mol. The molecule has 2 aliphatic rings. The Hall–Kier alpha value is -1.82. The summed E-state index contributed by atoms with van der Waals surface area (Å²) in [7, 11) is 0. The fraction of sp³-hybridized carbons (Fsp3) is 0.263. The van der Waals surface area contributed by atoms with Crippen molar-refractivity contribution in [2.75, 3.05) is 0 Å². The fourth-order valence-corrected chi connectivity index (χ4v) is 3.60. The van der Waals surface area contributed by atoms with Crippen molar-refractivity contribution in [3.8, 4) is 0 Å². The van der Waals surface area contributed by atoms with Gasteiger partial charge >= 0.3 is 0 Å². The van der Waals surface area contributed by atoms with Crippen molar-refractivity contribution >= 4 is 21.9 Å². The van der Waals surface area contributed by atoms with Gasteiger partial charge in [-0.15, -0.1) is 0 Å². The Morgan fingerprint density at radius 3 is 2.68 bits per heavy atom. The molecule has 0 spiro atoms.